The molecule has 69 heavy (non-hydrogen) atoms. The second-order valence-electron chi connectivity index (χ2n) is 0.338. The SMILES string of the molecule is C.C.C.C.C.C.C.C.C.C.C.C.C.C.C.C.C.C.[2H][CH2-].[3H-].[3H][I-]PC.[3H][S-].[B].[B]=NP.[K+].[K+].[K+].[K+].[K+].[K+].[K+].[K+].[K+].[K+].[K][K].[K][K].[K][K].[K][K].[K][K].[K][K].[K][K].[K][K].[K][K].[K][K].[K][K].[K][K].[K][K].[K][K].[K][K].[K][K]. The molecule has 0 aromatic carbocycles. The second-order valence-corrected chi connectivity index (χ2v) is 4.25. The van der Waals surface area contributed by atoms with Crippen molar-refractivity contribution in [1.82, 2.24) is 0 Å². The third-order valence-corrected chi connectivity index (χ3v) is 0. The van der Waals surface area contributed by atoms with Crippen LogP contribution in [-0.2, 0) is 13.4 Å². The molecule has 0 spiro atoms. The Hall–Kier alpha value is 70.6. The molecule has 2 unspecified atom stereocenters. The molecule has 0 rings (SSSR count). The van der Waals surface area contributed by atoms with Gasteiger partial charge >= 0.3 is 1580 Å². The Morgan fingerprint density at radius 3 is 0.377 bits per heavy atom. The molecule has 0 bridgehead atoms. The molecular weight excluding hydrogens is 2140 g/mol. The van der Waals surface area contributed by atoms with Crippen molar-refractivity contribution in [2.75, 3.05) is 6.66 Å². The summed E-state index contributed by atoms with van der Waals surface area (Å²) in [5, 5.41) is 0. The Labute approximate surface area is 1640 Å². The van der Waals surface area contributed by atoms with Crippen molar-refractivity contribution in [2.24, 2.45) is 4.67 Å². The number of rotatable bonds is 1. The standard InChI is InChI=1S/CH5IP.18CH4.CH3.BH2NP.B.42K.H2S.H/c1-3-2;;;;;;;;;;;;;;;;;;;;1-2-3;;;;;;;;;;;;;;;;;;;;;;;;;;;;;;;;;;;;;;;;;;;;;/h2-3H,1H3;18*1H4;1H3;3H2;;;;;;;;;;;;;;;;;;;;;;;;;;;;;;;;;;;;;;;;;;;;1H2;/q-1;;;;;;;;;;;;;;;;;;;-1;;;;;;;;;;;;;;;;;;;;;;;;;;;;;;;;;;;10*+1;;-1/p-1/i2T;;;;;;;;;;;;;;;;;;;1D;;;;;;;;;;;;;;;;;;;;;;;;;;;;;;;;;;;;;;;;;;;;;;1+2/hT. The van der Waals surface area contributed by atoms with Gasteiger partial charge in [-0.2, -0.15) is 1.12 Å². The van der Waals surface area contributed by atoms with Crippen LogP contribution in [0.25, 0.3) is 0 Å². The van der Waals surface area contributed by atoms with Gasteiger partial charge < -0.3 is 22.2 Å². The van der Waals surface area contributed by atoms with Gasteiger partial charge in [0, 0.05) is 8.41 Å². The Kier molecular flexibility index (Phi) is 2210. The van der Waals surface area contributed by atoms with Crippen LogP contribution in [0.2, 0.25) is 0 Å². The van der Waals surface area contributed by atoms with Gasteiger partial charge in [0.25, 0.3) is 0 Å². The molecule has 0 aliphatic rings. The van der Waals surface area contributed by atoms with Crippen molar-refractivity contribution in [2.45, 2.75) is 134 Å². The topological polar surface area (TPSA) is 12.4 Å². The Morgan fingerprint density at radius 2 is 0.377 bits per heavy atom. The maximum absolute atomic E-state index is 6.57. The molecule has 0 aliphatic heterocycles. The molecule has 49 heteroatoms. The van der Waals surface area contributed by atoms with Gasteiger partial charge in [0.05, 0.1) is 0 Å². The fourth-order valence-electron chi connectivity index (χ4n) is 0. The fraction of sp³-hybridized carbons (Fsp3) is 0.950. The average molecular weight is 2230 g/mol. The van der Waals surface area contributed by atoms with E-state index in [1.54, 1.807) is 0 Å². The molecule has 0 aromatic heterocycles. The first kappa shape index (κ1) is 306. The van der Waals surface area contributed by atoms with Gasteiger partial charge in [-0.3, -0.25) is 0 Å². The quantitative estimate of drug-likeness (QED) is 0.0637. The van der Waals surface area contributed by atoms with Crippen molar-refractivity contribution in [3.05, 3.63) is 7.40 Å². The van der Waals surface area contributed by atoms with E-state index in [1.807, 2.05) is 9.39 Å². The van der Waals surface area contributed by atoms with E-state index < -0.39 is 0 Å². The number of halogens is 1. The van der Waals surface area contributed by atoms with Crippen LogP contribution in [-0.4, -0.2) is 1030 Å². The summed E-state index contributed by atoms with van der Waals surface area (Å²) in [6.07, 6.45) is 0.917. The molecule has 234 valence electrons. The van der Waals surface area contributed by atoms with E-state index in [2.05, 4.69) is 39.8 Å². The van der Waals surface area contributed by atoms with E-state index in [1.165, 1.54) is 1010 Å². The summed E-state index contributed by atoms with van der Waals surface area (Å²) in [5.41, 5.74) is 0. The molecule has 0 heterocycles. The van der Waals surface area contributed by atoms with E-state index >= 15 is 0 Å². The van der Waals surface area contributed by atoms with Gasteiger partial charge in [-0.05, 0) is 0 Å². The Balaban J connectivity index is -0.00000000156. The van der Waals surface area contributed by atoms with Crippen LogP contribution in [0, 0.1) is 7.40 Å². The van der Waals surface area contributed by atoms with Gasteiger partial charge in [0.2, 0.25) is 0 Å². The molecule has 0 aromatic rings. The summed E-state index contributed by atoms with van der Waals surface area (Å²) in [7, 11) is 8.92. The summed E-state index contributed by atoms with van der Waals surface area (Å²) in [4.78, 5) is 0. The summed E-state index contributed by atoms with van der Waals surface area (Å²) in [6, 6.07) is 0. The van der Waals surface area contributed by atoms with Crippen LogP contribution in [0.1, 0.15) is 136 Å². The van der Waals surface area contributed by atoms with Gasteiger partial charge in [0.1, 0.15) is 0 Å². The molecule has 2 atom stereocenters. The first-order valence-corrected chi connectivity index (χ1v) is 278. The minimum atomic E-state index is -0.112. The van der Waals surface area contributed by atoms with Crippen LogP contribution >= 0.6 is 15.6 Å². The zero-order valence-electron chi connectivity index (χ0n) is 51.2. The molecule has 0 saturated heterocycles. The number of nitrogens with zero attached hydrogens (tertiary/aromatic N) is 1. The van der Waals surface area contributed by atoms with E-state index in [0.29, 0.717) is 0 Å². The van der Waals surface area contributed by atoms with Gasteiger partial charge in [0.15, 0.2) is 0 Å². The third kappa shape index (κ3) is 519. The van der Waals surface area contributed by atoms with Gasteiger partial charge in [-0.25, -0.2) is 1.37 Å². The van der Waals surface area contributed by atoms with Crippen molar-refractivity contribution < 1.29 is 538 Å². The fourth-order valence-corrected chi connectivity index (χ4v) is 0. The van der Waals surface area contributed by atoms with Crippen LogP contribution in [0.5, 0.6) is 0 Å². The predicted octanol–water partition coefficient (Wildman–Crippen LogP) is -33.2. The molecule has 0 amide bonds. The molecule has 0 saturated carbocycles. The molecule has 0 aliphatic carbocycles. The van der Waals surface area contributed by atoms with Crippen molar-refractivity contribution in [3.63, 3.8) is 0 Å². The van der Waals surface area contributed by atoms with Crippen molar-refractivity contribution in [1.29, 1.82) is 1.72 Å². The van der Waals surface area contributed by atoms with E-state index in [-0.39, 0.29) is 679 Å². The first-order valence-electron chi connectivity index (χ1n) is 18.7. The van der Waals surface area contributed by atoms with E-state index in [9.17, 15) is 0 Å². The van der Waals surface area contributed by atoms with Crippen molar-refractivity contribution in [3.8, 4) is 0 Å². The molecule has 0 N–H and O–H groups in total. The first-order chi connectivity index (χ1) is 21.3. The van der Waals surface area contributed by atoms with Crippen molar-refractivity contribution >= 4 is 1060 Å². The Bertz CT molecular complexity index is 146. The second kappa shape index (κ2) is 498. The van der Waals surface area contributed by atoms with Gasteiger partial charge in [-0.1, -0.05) is 134 Å². The van der Waals surface area contributed by atoms with E-state index in [0.717, 1.165) is 6.22 Å². The zero-order chi connectivity index (χ0) is 42.1. The summed E-state index contributed by atoms with van der Waals surface area (Å²) < 4.78 is 20.3. The van der Waals surface area contributed by atoms with Crippen LogP contribution in [0.15, 0.2) is 4.67 Å². The molecule has 1 nitrogen and oxygen atoms in total. The molecule has 0 fully saturated rings. The average Bonchev–Trinajstić information content (AvgIpc) is 3.23. The minimum absolute atomic E-state index is 0. The maximum atomic E-state index is 6.57. The Morgan fingerprint density at radius 1 is 0.362 bits per heavy atom. The van der Waals surface area contributed by atoms with Crippen LogP contribution in [0.3, 0.4) is 0 Å². The summed E-state index contributed by atoms with van der Waals surface area (Å²) >= 11 is 43.2. The van der Waals surface area contributed by atoms with Crippen LogP contribution in [0.4, 0.5) is 0 Å². The van der Waals surface area contributed by atoms with E-state index in [4.69, 9.17) is 3.09 Å². The molecular formula is C20H84B2IK42NP2S+6. The summed E-state index contributed by atoms with van der Waals surface area (Å²) in [6.45, 7) is 2.07. The third-order valence-electron chi connectivity index (χ3n) is 0. The van der Waals surface area contributed by atoms with Gasteiger partial charge in [-0.15, -0.1) is 0 Å². The number of hydrogen-bond donors (Lipinski definition) is 0. The molecule has 4 radical (unpaired) electrons. The number of thiol groups is 1. The number of hydrogen-bond acceptors (Lipinski definition) is 2. The summed E-state index contributed by atoms with van der Waals surface area (Å²) in [5.74, 6) is 0. The monoisotopic (exact) mass is 2230 g/mol. The zero-order valence-corrected chi connectivity index (χ0v) is 183. The van der Waals surface area contributed by atoms with Crippen LogP contribution < -0.4 is 536 Å². The normalized spacial score (nSPS) is 2.91. The predicted molar refractivity (Wildman–Crippen MR) is 361 cm³/mol.